The number of H-pyrrole nitrogens is 1. The van der Waals surface area contributed by atoms with Crippen molar-refractivity contribution < 1.29 is 9.26 Å². The molecule has 0 bridgehead atoms. The van der Waals surface area contributed by atoms with E-state index >= 15 is 0 Å². The van der Waals surface area contributed by atoms with E-state index < -0.39 is 0 Å². The quantitative estimate of drug-likeness (QED) is 0.777. The van der Waals surface area contributed by atoms with E-state index in [-0.39, 0.29) is 5.43 Å². The second-order valence-corrected chi connectivity index (χ2v) is 4.69. The summed E-state index contributed by atoms with van der Waals surface area (Å²) in [5.74, 6) is 1.44. The third-order valence-corrected chi connectivity index (χ3v) is 3.34. The third kappa shape index (κ3) is 1.87. The number of pyridine rings is 1. The van der Waals surface area contributed by atoms with Gasteiger partial charge < -0.3 is 14.2 Å². The van der Waals surface area contributed by atoms with Crippen molar-refractivity contribution in [3.63, 3.8) is 0 Å². The molecule has 0 aliphatic carbocycles. The molecular formula is C15H14N2O3. The van der Waals surface area contributed by atoms with Crippen LogP contribution in [0.15, 0.2) is 33.6 Å². The topological polar surface area (TPSA) is 68.1 Å². The van der Waals surface area contributed by atoms with E-state index in [0.717, 1.165) is 16.8 Å². The summed E-state index contributed by atoms with van der Waals surface area (Å²) >= 11 is 0. The number of hydrogen-bond acceptors (Lipinski definition) is 4. The van der Waals surface area contributed by atoms with E-state index in [0.29, 0.717) is 22.5 Å². The largest absolute Gasteiger partial charge is 0.496 e. The summed E-state index contributed by atoms with van der Waals surface area (Å²) in [4.78, 5) is 15.5. The van der Waals surface area contributed by atoms with Gasteiger partial charge in [-0.1, -0.05) is 5.16 Å². The molecule has 2 aromatic heterocycles. The van der Waals surface area contributed by atoms with Crippen molar-refractivity contribution in [2.45, 2.75) is 13.8 Å². The van der Waals surface area contributed by atoms with Crippen LogP contribution in [0.2, 0.25) is 0 Å². The van der Waals surface area contributed by atoms with Gasteiger partial charge in [-0.05, 0) is 26.0 Å². The molecule has 0 spiro atoms. The molecule has 20 heavy (non-hydrogen) atoms. The first kappa shape index (κ1) is 12.5. The molecule has 2 heterocycles. The van der Waals surface area contributed by atoms with E-state index in [2.05, 4.69) is 10.1 Å². The number of ether oxygens (including phenoxy) is 1. The predicted octanol–water partition coefficient (Wildman–Crippen LogP) is 2.81. The van der Waals surface area contributed by atoms with Crippen molar-refractivity contribution in [1.29, 1.82) is 0 Å². The summed E-state index contributed by atoms with van der Waals surface area (Å²) in [6.07, 6.45) is 0. The van der Waals surface area contributed by atoms with Crippen LogP contribution in [0.25, 0.3) is 22.3 Å². The highest BCUT2D eigenvalue weighted by molar-refractivity contribution is 5.85. The van der Waals surface area contributed by atoms with Crippen molar-refractivity contribution in [1.82, 2.24) is 10.1 Å². The number of hydrogen-bond donors (Lipinski definition) is 1. The average Bonchev–Trinajstić information content (AvgIpc) is 2.86. The number of rotatable bonds is 2. The molecule has 0 amide bonds. The zero-order valence-electron chi connectivity index (χ0n) is 11.5. The number of fused-ring (bicyclic) bond motifs is 1. The summed E-state index contributed by atoms with van der Waals surface area (Å²) in [5.41, 5.74) is 2.84. The van der Waals surface area contributed by atoms with Gasteiger partial charge in [0.15, 0.2) is 5.43 Å². The van der Waals surface area contributed by atoms with Crippen LogP contribution < -0.4 is 10.2 Å². The fourth-order valence-corrected chi connectivity index (χ4v) is 2.29. The van der Waals surface area contributed by atoms with Gasteiger partial charge in [0.25, 0.3) is 0 Å². The number of methoxy groups -OCH3 is 1. The van der Waals surface area contributed by atoms with E-state index in [1.165, 1.54) is 6.07 Å². The number of aromatic amines is 1. The molecule has 5 heteroatoms. The summed E-state index contributed by atoms with van der Waals surface area (Å²) in [5, 5.41) is 4.56. The van der Waals surface area contributed by atoms with Crippen LogP contribution in [0.3, 0.4) is 0 Å². The molecule has 0 atom stereocenters. The predicted molar refractivity (Wildman–Crippen MR) is 76.1 cm³/mol. The molecule has 0 fully saturated rings. The number of nitrogens with zero attached hydrogens (tertiary/aromatic N) is 1. The zero-order chi connectivity index (χ0) is 14.3. The summed E-state index contributed by atoms with van der Waals surface area (Å²) in [6.45, 7) is 3.72. The molecule has 0 radical (unpaired) electrons. The highest BCUT2D eigenvalue weighted by Crippen LogP contribution is 2.26. The maximum Gasteiger partial charge on any atom is 0.190 e. The van der Waals surface area contributed by atoms with Crippen LogP contribution in [0.1, 0.15) is 11.3 Å². The van der Waals surface area contributed by atoms with Gasteiger partial charge in [-0.25, -0.2) is 0 Å². The Labute approximate surface area is 115 Å². The monoisotopic (exact) mass is 270 g/mol. The maximum absolute atomic E-state index is 12.2. The van der Waals surface area contributed by atoms with E-state index in [9.17, 15) is 4.79 Å². The van der Waals surface area contributed by atoms with E-state index in [4.69, 9.17) is 9.26 Å². The molecule has 1 aromatic carbocycles. The smallest absolute Gasteiger partial charge is 0.190 e. The van der Waals surface area contributed by atoms with Gasteiger partial charge in [0.2, 0.25) is 0 Å². The fraction of sp³-hybridized carbons (Fsp3) is 0.200. The Balaban J connectivity index is 2.32. The summed E-state index contributed by atoms with van der Waals surface area (Å²) < 4.78 is 10.3. The molecule has 102 valence electrons. The molecule has 3 rings (SSSR count). The third-order valence-electron chi connectivity index (χ3n) is 3.34. The standard InChI is InChI=1S/C15H14N2O3/c1-8-6-12(17-20-8)11-7-13(18)10-4-5-14(19-3)9(2)15(10)16-11/h4-7H,1-3H3,(H,16,18). The fourth-order valence-electron chi connectivity index (χ4n) is 2.29. The first-order chi connectivity index (χ1) is 9.60. The Bertz CT molecular complexity index is 846. The Hall–Kier alpha value is -2.56. The second-order valence-electron chi connectivity index (χ2n) is 4.69. The van der Waals surface area contributed by atoms with Crippen LogP contribution in [0.5, 0.6) is 5.75 Å². The van der Waals surface area contributed by atoms with Gasteiger partial charge in [0.1, 0.15) is 17.2 Å². The Morgan fingerprint density at radius 3 is 2.70 bits per heavy atom. The molecular weight excluding hydrogens is 256 g/mol. The van der Waals surface area contributed by atoms with Crippen molar-refractivity contribution in [3.05, 3.63) is 45.8 Å². The van der Waals surface area contributed by atoms with E-state index in [1.807, 2.05) is 13.8 Å². The number of aryl methyl sites for hydroxylation is 2. The molecule has 1 N–H and O–H groups in total. The SMILES string of the molecule is COc1ccc2c(=O)cc(-c3cc(C)on3)[nH]c2c1C. The van der Waals surface area contributed by atoms with Crippen molar-refractivity contribution >= 4 is 10.9 Å². The lowest BCUT2D eigenvalue weighted by Gasteiger charge is -2.09. The molecule has 0 aliphatic rings. The minimum Gasteiger partial charge on any atom is -0.496 e. The van der Waals surface area contributed by atoms with Crippen LogP contribution in [-0.2, 0) is 0 Å². The Kier molecular flexibility index (Phi) is 2.82. The minimum absolute atomic E-state index is 0.0554. The van der Waals surface area contributed by atoms with Crippen LogP contribution in [0.4, 0.5) is 0 Å². The average molecular weight is 270 g/mol. The molecule has 0 unspecified atom stereocenters. The number of benzene rings is 1. The van der Waals surface area contributed by atoms with Gasteiger partial charge in [-0.2, -0.15) is 0 Å². The van der Waals surface area contributed by atoms with Gasteiger partial charge in [-0.3, -0.25) is 4.79 Å². The maximum atomic E-state index is 12.2. The minimum atomic E-state index is -0.0554. The molecule has 0 aliphatic heterocycles. The van der Waals surface area contributed by atoms with Crippen LogP contribution in [-0.4, -0.2) is 17.3 Å². The lowest BCUT2D eigenvalue weighted by Crippen LogP contribution is -2.04. The normalized spacial score (nSPS) is 10.9. The Morgan fingerprint density at radius 2 is 2.05 bits per heavy atom. The van der Waals surface area contributed by atoms with Crippen molar-refractivity contribution in [2.75, 3.05) is 7.11 Å². The highest BCUT2D eigenvalue weighted by atomic mass is 16.5. The van der Waals surface area contributed by atoms with Crippen molar-refractivity contribution in [2.24, 2.45) is 0 Å². The molecule has 0 saturated heterocycles. The first-order valence-electron chi connectivity index (χ1n) is 6.24. The number of nitrogens with one attached hydrogen (secondary N) is 1. The highest BCUT2D eigenvalue weighted by Gasteiger charge is 2.11. The van der Waals surface area contributed by atoms with Crippen LogP contribution >= 0.6 is 0 Å². The van der Waals surface area contributed by atoms with Gasteiger partial charge in [-0.15, -0.1) is 0 Å². The van der Waals surface area contributed by atoms with Gasteiger partial charge in [0.05, 0.1) is 18.3 Å². The van der Waals surface area contributed by atoms with E-state index in [1.54, 1.807) is 25.3 Å². The summed E-state index contributed by atoms with van der Waals surface area (Å²) in [7, 11) is 1.61. The Morgan fingerprint density at radius 1 is 1.25 bits per heavy atom. The number of aromatic nitrogens is 2. The lowest BCUT2D eigenvalue weighted by molar-refractivity contribution is 0.399. The van der Waals surface area contributed by atoms with Gasteiger partial charge >= 0.3 is 0 Å². The van der Waals surface area contributed by atoms with Gasteiger partial charge in [0, 0.05) is 23.1 Å². The molecule has 0 saturated carbocycles. The van der Waals surface area contributed by atoms with Crippen molar-refractivity contribution in [3.8, 4) is 17.1 Å². The molecule has 3 aromatic rings. The first-order valence-corrected chi connectivity index (χ1v) is 6.24. The zero-order valence-corrected chi connectivity index (χ0v) is 11.5. The van der Waals surface area contributed by atoms with Crippen LogP contribution in [0, 0.1) is 13.8 Å². The summed E-state index contributed by atoms with van der Waals surface area (Å²) in [6, 6.07) is 6.88. The molecule has 5 nitrogen and oxygen atoms in total. The lowest BCUT2D eigenvalue weighted by atomic mass is 10.1. The second kappa shape index (κ2) is 4.52.